The zero-order valence-corrected chi connectivity index (χ0v) is 13.0. The Kier molecular flexibility index (Phi) is 4.25. The second-order valence-corrected chi connectivity index (χ2v) is 5.63. The molecule has 0 saturated carbocycles. The first-order chi connectivity index (χ1) is 11.2. The molecule has 1 aromatic carbocycles. The van der Waals surface area contributed by atoms with E-state index in [-0.39, 0.29) is 24.2 Å². The number of aromatic nitrogens is 2. The standard InChI is InChI=1S/C17H19N3O3/c1-23-16-18-10-8-14(19-16)15(22)20-17(11-21)9-4-6-12-5-2-3-7-13(12)17/h2-3,5,7-8,10,21H,4,6,9,11H2,1H3,(H,20,22). The van der Waals surface area contributed by atoms with Gasteiger partial charge in [-0.25, -0.2) is 4.98 Å². The number of hydrogen-bond acceptors (Lipinski definition) is 5. The van der Waals surface area contributed by atoms with Crippen molar-refractivity contribution in [3.8, 4) is 6.01 Å². The van der Waals surface area contributed by atoms with Crippen molar-refractivity contribution < 1.29 is 14.6 Å². The van der Waals surface area contributed by atoms with Crippen LogP contribution in [0.1, 0.15) is 34.5 Å². The third-order valence-corrected chi connectivity index (χ3v) is 4.25. The van der Waals surface area contributed by atoms with Gasteiger partial charge in [0.1, 0.15) is 5.69 Å². The molecule has 0 aliphatic heterocycles. The van der Waals surface area contributed by atoms with E-state index in [0.717, 1.165) is 24.0 Å². The van der Waals surface area contributed by atoms with Gasteiger partial charge in [-0.2, -0.15) is 4.98 Å². The monoisotopic (exact) mass is 313 g/mol. The zero-order chi connectivity index (χ0) is 16.3. The Morgan fingerprint density at radius 1 is 1.39 bits per heavy atom. The molecule has 0 fully saturated rings. The molecule has 1 amide bonds. The number of benzene rings is 1. The first kappa shape index (κ1) is 15.4. The molecular formula is C17H19N3O3. The summed E-state index contributed by atoms with van der Waals surface area (Å²) in [4.78, 5) is 20.5. The van der Waals surface area contributed by atoms with Gasteiger partial charge in [0.15, 0.2) is 0 Å². The first-order valence-corrected chi connectivity index (χ1v) is 7.57. The molecule has 0 saturated heterocycles. The number of nitrogens with zero attached hydrogens (tertiary/aromatic N) is 2. The van der Waals surface area contributed by atoms with Crippen LogP contribution in [0.25, 0.3) is 0 Å². The fourth-order valence-electron chi connectivity index (χ4n) is 3.10. The molecule has 6 nitrogen and oxygen atoms in total. The van der Waals surface area contributed by atoms with Crippen LogP contribution < -0.4 is 10.1 Å². The van der Waals surface area contributed by atoms with Gasteiger partial charge in [-0.15, -0.1) is 0 Å². The summed E-state index contributed by atoms with van der Waals surface area (Å²) < 4.78 is 4.95. The number of methoxy groups -OCH3 is 1. The number of hydrogen-bond donors (Lipinski definition) is 2. The Bertz CT molecular complexity index is 720. The van der Waals surface area contributed by atoms with Crippen LogP contribution >= 0.6 is 0 Å². The van der Waals surface area contributed by atoms with Gasteiger partial charge in [0, 0.05) is 6.20 Å². The van der Waals surface area contributed by atoms with Gasteiger partial charge in [0.25, 0.3) is 5.91 Å². The van der Waals surface area contributed by atoms with Gasteiger partial charge in [-0.3, -0.25) is 4.79 Å². The molecule has 1 aromatic heterocycles. The number of aliphatic hydroxyl groups is 1. The lowest BCUT2D eigenvalue weighted by atomic mass is 9.77. The van der Waals surface area contributed by atoms with Crippen molar-refractivity contribution in [2.45, 2.75) is 24.8 Å². The number of rotatable bonds is 4. The van der Waals surface area contributed by atoms with E-state index in [4.69, 9.17) is 4.74 Å². The summed E-state index contributed by atoms with van der Waals surface area (Å²) >= 11 is 0. The highest BCUT2D eigenvalue weighted by molar-refractivity contribution is 5.93. The molecule has 120 valence electrons. The summed E-state index contributed by atoms with van der Waals surface area (Å²) in [6, 6.07) is 9.57. The molecule has 6 heteroatoms. The Balaban J connectivity index is 1.92. The van der Waals surface area contributed by atoms with Crippen molar-refractivity contribution in [2.24, 2.45) is 0 Å². The maximum atomic E-state index is 12.6. The minimum atomic E-state index is -0.774. The number of nitrogens with one attached hydrogen (secondary N) is 1. The van der Waals surface area contributed by atoms with Crippen LogP contribution in [0.4, 0.5) is 0 Å². The van der Waals surface area contributed by atoms with Gasteiger partial charge in [-0.1, -0.05) is 24.3 Å². The molecule has 2 N–H and O–H groups in total. The van der Waals surface area contributed by atoms with Crippen molar-refractivity contribution >= 4 is 5.91 Å². The highest BCUT2D eigenvalue weighted by Gasteiger charge is 2.37. The summed E-state index contributed by atoms with van der Waals surface area (Å²) in [6.07, 6.45) is 4.02. The molecule has 1 heterocycles. The molecule has 2 aromatic rings. The molecular weight excluding hydrogens is 294 g/mol. The van der Waals surface area contributed by atoms with Crippen LogP contribution in [-0.2, 0) is 12.0 Å². The molecule has 23 heavy (non-hydrogen) atoms. The summed E-state index contributed by atoms with van der Waals surface area (Å²) in [6.45, 7) is -0.155. The minimum absolute atomic E-state index is 0.139. The second kappa shape index (κ2) is 6.34. The van der Waals surface area contributed by atoms with Crippen molar-refractivity contribution in [1.82, 2.24) is 15.3 Å². The third-order valence-electron chi connectivity index (χ3n) is 4.25. The van der Waals surface area contributed by atoms with Crippen molar-refractivity contribution in [2.75, 3.05) is 13.7 Å². The molecule has 1 atom stereocenters. The van der Waals surface area contributed by atoms with Crippen LogP contribution in [0.3, 0.4) is 0 Å². The molecule has 0 radical (unpaired) electrons. The predicted octanol–water partition coefficient (Wildman–Crippen LogP) is 1.44. The van der Waals surface area contributed by atoms with Gasteiger partial charge in [-0.05, 0) is 36.5 Å². The SMILES string of the molecule is COc1nccc(C(=O)NC2(CO)CCCc3ccccc32)n1. The highest BCUT2D eigenvalue weighted by Crippen LogP contribution is 2.35. The van der Waals surface area contributed by atoms with Gasteiger partial charge >= 0.3 is 6.01 Å². The Morgan fingerprint density at radius 2 is 2.22 bits per heavy atom. The normalized spacial score (nSPS) is 19.7. The second-order valence-electron chi connectivity index (χ2n) is 5.63. The van der Waals surface area contributed by atoms with Crippen LogP contribution in [0, 0.1) is 0 Å². The third kappa shape index (κ3) is 2.90. The molecule has 0 spiro atoms. The predicted molar refractivity (Wildman–Crippen MR) is 84.2 cm³/mol. The molecule has 1 aliphatic carbocycles. The number of aliphatic hydroxyl groups excluding tert-OH is 1. The molecule has 1 unspecified atom stereocenters. The van der Waals surface area contributed by atoms with E-state index in [1.807, 2.05) is 24.3 Å². The van der Waals surface area contributed by atoms with E-state index in [0.29, 0.717) is 6.42 Å². The van der Waals surface area contributed by atoms with E-state index in [9.17, 15) is 9.90 Å². The van der Waals surface area contributed by atoms with Crippen molar-refractivity contribution in [3.05, 3.63) is 53.3 Å². The number of carbonyl (C=O) groups is 1. The quantitative estimate of drug-likeness (QED) is 0.892. The highest BCUT2D eigenvalue weighted by atomic mass is 16.5. The molecule has 0 bridgehead atoms. The lowest BCUT2D eigenvalue weighted by molar-refractivity contribution is 0.0792. The van der Waals surface area contributed by atoms with E-state index < -0.39 is 5.54 Å². The summed E-state index contributed by atoms with van der Waals surface area (Å²) in [5.74, 6) is -0.351. The van der Waals surface area contributed by atoms with Gasteiger partial charge in [0.05, 0.1) is 19.3 Å². The summed E-state index contributed by atoms with van der Waals surface area (Å²) in [7, 11) is 1.45. The Labute approximate surface area is 134 Å². The summed E-state index contributed by atoms with van der Waals surface area (Å²) in [5.41, 5.74) is 1.58. The van der Waals surface area contributed by atoms with E-state index >= 15 is 0 Å². The van der Waals surface area contributed by atoms with Crippen LogP contribution in [0.5, 0.6) is 6.01 Å². The Hall–Kier alpha value is -2.47. The van der Waals surface area contributed by atoms with E-state index in [1.54, 1.807) is 0 Å². The number of ether oxygens (including phenoxy) is 1. The number of amides is 1. The largest absolute Gasteiger partial charge is 0.467 e. The fourth-order valence-corrected chi connectivity index (χ4v) is 3.10. The van der Waals surface area contributed by atoms with Crippen LogP contribution in [-0.4, -0.2) is 34.7 Å². The number of fused-ring (bicyclic) bond motifs is 1. The lowest BCUT2D eigenvalue weighted by Crippen LogP contribution is -2.50. The number of aryl methyl sites for hydroxylation is 1. The Morgan fingerprint density at radius 3 is 3.00 bits per heavy atom. The maximum Gasteiger partial charge on any atom is 0.316 e. The topological polar surface area (TPSA) is 84.3 Å². The maximum absolute atomic E-state index is 12.6. The van der Waals surface area contributed by atoms with Crippen LogP contribution in [0.15, 0.2) is 36.5 Å². The van der Waals surface area contributed by atoms with Crippen molar-refractivity contribution in [3.63, 3.8) is 0 Å². The van der Waals surface area contributed by atoms with E-state index in [2.05, 4.69) is 15.3 Å². The van der Waals surface area contributed by atoms with Crippen molar-refractivity contribution in [1.29, 1.82) is 0 Å². The molecule has 3 rings (SSSR count). The first-order valence-electron chi connectivity index (χ1n) is 7.57. The van der Waals surface area contributed by atoms with E-state index in [1.165, 1.54) is 19.4 Å². The lowest BCUT2D eigenvalue weighted by Gasteiger charge is -2.38. The van der Waals surface area contributed by atoms with Gasteiger partial charge < -0.3 is 15.2 Å². The number of carbonyl (C=O) groups excluding carboxylic acids is 1. The minimum Gasteiger partial charge on any atom is -0.467 e. The van der Waals surface area contributed by atoms with Gasteiger partial charge in [0.2, 0.25) is 0 Å². The average molecular weight is 313 g/mol. The fraction of sp³-hybridized carbons (Fsp3) is 0.353. The van der Waals surface area contributed by atoms with Crippen LogP contribution in [0.2, 0.25) is 0 Å². The molecule has 1 aliphatic rings. The smallest absolute Gasteiger partial charge is 0.316 e. The zero-order valence-electron chi connectivity index (χ0n) is 13.0. The average Bonchev–Trinajstić information content (AvgIpc) is 2.62. The summed E-state index contributed by atoms with van der Waals surface area (Å²) in [5, 5.41) is 13.0.